The molecule has 0 bridgehead atoms. The van der Waals surface area contributed by atoms with E-state index in [0.717, 1.165) is 35.7 Å². The molecule has 0 aromatic heterocycles. The number of aliphatic carboxylic acids is 1. The van der Waals surface area contributed by atoms with Gasteiger partial charge in [-0.3, -0.25) is 9.00 Å². The minimum atomic E-state index is -0.821. The maximum absolute atomic E-state index is 12.3. The van der Waals surface area contributed by atoms with E-state index in [0.29, 0.717) is 13.2 Å². The minimum absolute atomic E-state index is 0.191. The molecule has 3 rings (SSSR count). The predicted molar refractivity (Wildman–Crippen MR) is 151 cm³/mol. The van der Waals surface area contributed by atoms with Crippen LogP contribution >= 0.6 is 22.9 Å². The standard InChI is InChI=1S/C18H28O3S.C9H10INO2/c1-3-4-5-6-7-8-11-22(19)15(2)12-16-9-10-17-18(13-16)21-14-20-17;10-11-8(9(12)13)6-7-4-2-1-3-5-7/h9-10,13,15H,3-8,11-12,14H2,1-2H3;1-5,8,11H,6H2,(H,12,13)/t;8-/m.0/s1. The maximum atomic E-state index is 12.3. The number of carbonyl (C=O) groups is 1. The van der Waals surface area contributed by atoms with Gasteiger partial charge in [0, 0.05) is 44.7 Å². The van der Waals surface area contributed by atoms with Gasteiger partial charge in [0.05, 0.1) is 0 Å². The fraction of sp³-hybridized carbons (Fsp3) is 0.519. The summed E-state index contributed by atoms with van der Waals surface area (Å²) < 4.78 is 25.8. The van der Waals surface area contributed by atoms with E-state index in [1.165, 1.54) is 37.7 Å². The van der Waals surface area contributed by atoms with Gasteiger partial charge < -0.3 is 14.6 Å². The smallest absolute Gasteiger partial charge is 0.321 e. The summed E-state index contributed by atoms with van der Waals surface area (Å²) in [5.74, 6) is 1.63. The van der Waals surface area contributed by atoms with Crippen LogP contribution in [0.25, 0.3) is 0 Å². The van der Waals surface area contributed by atoms with Crippen molar-refractivity contribution in [3.63, 3.8) is 0 Å². The monoisotopic (exact) mass is 615 g/mol. The molecule has 0 amide bonds. The second-order valence-electron chi connectivity index (χ2n) is 8.74. The normalized spacial score (nSPS) is 14.5. The Hall–Kier alpha value is -1.65. The number of benzene rings is 2. The fourth-order valence-corrected chi connectivity index (χ4v) is 5.50. The lowest BCUT2D eigenvalue weighted by Crippen LogP contribution is -2.32. The van der Waals surface area contributed by atoms with Gasteiger partial charge in [0.2, 0.25) is 6.79 Å². The van der Waals surface area contributed by atoms with Crippen molar-refractivity contribution in [2.75, 3.05) is 12.5 Å². The maximum Gasteiger partial charge on any atom is 0.321 e. The predicted octanol–water partition coefficient (Wildman–Crippen LogP) is 6.08. The number of fused-ring (bicyclic) bond motifs is 1. The van der Waals surface area contributed by atoms with Crippen LogP contribution in [0.4, 0.5) is 0 Å². The van der Waals surface area contributed by atoms with E-state index < -0.39 is 22.8 Å². The van der Waals surface area contributed by atoms with E-state index in [2.05, 4.69) is 17.4 Å². The highest BCUT2D eigenvalue weighted by atomic mass is 127. The van der Waals surface area contributed by atoms with Crippen LogP contribution in [0.2, 0.25) is 0 Å². The van der Waals surface area contributed by atoms with Gasteiger partial charge in [0.15, 0.2) is 11.5 Å². The molecule has 0 aliphatic carbocycles. The highest BCUT2D eigenvalue weighted by molar-refractivity contribution is 14.1. The molecule has 1 aliphatic heterocycles. The zero-order valence-corrected chi connectivity index (χ0v) is 23.7. The number of hydrogen-bond acceptors (Lipinski definition) is 5. The van der Waals surface area contributed by atoms with Crippen molar-refractivity contribution in [3.05, 3.63) is 59.7 Å². The molecule has 0 fully saturated rings. The number of carboxylic acid groups (broad SMARTS) is 1. The Morgan fingerprint density at radius 1 is 1.00 bits per heavy atom. The van der Waals surface area contributed by atoms with Crippen molar-refractivity contribution < 1.29 is 23.6 Å². The van der Waals surface area contributed by atoms with E-state index in [-0.39, 0.29) is 5.25 Å². The highest BCUT2D eigenvalue weighted by Gasteiger charge is 2.17. The molecule has 35 heavy (non-hydrogen) atoms. The largest absolute Gasteiger partial charge is 0.480 e. The minimum Gasteiger partial charge on any atom is -0.480 e. The Bertz CT molecular complexity index is 912. The molecule has 1 aliphatic rings. The average molecular weight is 616 g/mol. The SMILES string of the molecule is CCCCCCCCS(=O)C(C)Cc1ccc2c(c1)OCO2.O=C(O)[C@H](Cc1ccccc1)NI. The number of carboxylic acids is 1. The van der Waals surface area contributed by atoms with Crippen LogP contribution in [0.15, 0.2) is 48.5 Å². The first-order valence-electron chi connectivity index (χ1n) is 12.3. The summed E-state index contributed by atoms with van der Waals surface area (Å²) in [6, 6.07) is 15.1. The molecule has 8 heteroatoms. The van der Waals surface area contributed by atoms with E-state index in [1.54, 1.807) is 0 Å². The molecule has 0 saturated carbocycles. The van der Waals surface area contributed by atoms with E-state index in [1.807, 2.05) is 71.4 Å². The summed E-state index contributed by atoms with van der Waals surface area (Å²) in [5, 5.41) is 8.96. The fourth-order valence-electron chi connectivity index (χ4n) is 3.74. The Labute approximate surface area is 226 Å². The molecule has 0 radical (unpaired) electrons. The third kappa shape index (κ3) is 11.3. The van der Waals surface area contributed by atoms with Crippen molar-refractivity contribution >= 4 is 39.6 Å². The van der Waals surface area contributed by atoms with Crippen LogP contribution in [-0.2, 0) is 28.4 Å². The van der Waals surface area contributed by atoms with Gasteiger partial charge in [-0.05, 0) is 42.5 Å². The number of ether oxygens (including phenoxy) is 2. The number of rotatable bonds is 14. The third-order valence-electron chi connectivity index (χ3n) is 5.82. The molecule has 194 valence electrons. The molecular weight excluding hydrogens is 577 g/mol. The molecule has 6 nitrogen and oxygen atoms in total. The number of hydrogen-bond donors (Lipinski definition) is 2. The van der Waals surface area contributed by atoms with Gasteiger partial charge in [0.1, 0.15) is 6.04 Å². The van der Waals surface area contributed by atoms with Gasteiger partial charge in [0.25, 0.3) is 0 Å². The summed E-state index contributed by atoms with van der Waals surface area (Å²) in [6.07, 6.45) is 8.84. The van der Waals surface area contributed by atoms with Crippen molar-refractivity contribution in [2.45, 2.75) is 76.5 Å². The molecule has 0 spiro atoms. The second kappa shape index (κ2) is 16.9. The van der Waals surface area contributed by atoms with Gasteiger partial charge in [-0.25, -0.2) is 3.53 Å². The van der Waals surface area contributed by atoms with Crippen LogP contribution < -0.4 is 13.0 Å². The summed E-state index contributed by atoms with van der Waals surface area (Å²) in [6.45, 7) is 4.61. The van der Waals surface area contributed by atoms with Gasteiger partial charge >= 0.3 is 5.97 Å². The summed E-state index contributed by atoms with van der Waals surface area (Å²) in [4.78, 5) is 10.7. The Balaban J connectivity index is 0.000000283. The molecule has 2 aromatic carbocycles. The number of halogens is 1. The summed E-state index contributed by atoms with van der Waals surface area (Å²) >= 11 is 1.86. The van der Waals surface area contributed by atoms with Crippen LogP contribution in [-0.4, -0.2) is 39.1 Å². The van der Waals surface area contributed by atoms with Gasteiger partial charge in [-0.2, -0.15) is 0 Å². The first-order valence-corrected chi connectivity index (χ1v) is 14.8. The van der Waals surface area contributed by atoms with Crippen LogP contribution in [0.5, 0.6) is 11.5 Å². The van der Waals surface area contributed by atoms with Crippen LogP contribution in [0.1, 0.15) is 63.5 Å². The summed E-state index contributed by atoms with van der Waals surface area (Å²) in [5.41, 5.74) is 2.20. The quantitative estimate of drug-likeness (QED) is 0.152. The van der Waals surface area contributed by atoms with Crippen molar-refractivity contribution in [1.82, 2.24) is 3.53 Å². The zero-order chi connectivity index (χ0) is 25.5. The lowest BCUT2D eigenvalue weighted by atomic mass is 10.1. The van der Waals surface area contributed by atoms with Crippen molar-refractivity contribution in [2.24, 2.45) is 0 Å². The van der Waals surface area contributed by atoms with Crippen LogP contribution in [0.3, 0.4) is 0 Å². The molecule has 2 unspecified atom stereocenters. The Kier molecular flexibility index (Phi) is 14.3. The lowest BCUT2D eigenvalue weighted by molar-refractivity contribution is -0.138. The molecule has 3 atom stereocenters. The van der Waals surface area contributed by atoms with Gasteiger partial charge in [-0.1, -0.05) is 82.3 Å². The van der Waals surface area contributed by atoms with Crippen LogP contribution in [0, 0.1) is 0 Å². The molecule has 2 aromatic rings. The van der Waals surface area contributed by atoms with E-state index >= 15 is 0 Å². The lowest BCUT2D eigenvalue weighted by Gasteiger charge is -2.12. The van der Waals surface area contributed by atoms with Crippen molar-refractivity contribution in [3.8, 4) is 11.5 Å². The summed E-state index contributed by atoms with van der Waals surface area (Å²) in [7, 11) is -0.743. The highest BCUT2D eigenvalue weighted by Crippen LogP contribution is 2.33. The molecule has 1 heterocycles. The van der Waals surface area contributed by atoms with Gasteiger partial charge in [-0.15, -0.1) is 0 Å². The zero-order valence-electron chi connectivity index (χ0n) is 20.7. The topological polar surface area (TPSA) is 84.9 Å². The Morgan fingerprint density at radius 2 is 1.69 bits per heavy atom. The first kappa shape index (κ1) is 29.6. The Morgan fingerprint density at radius 3 is 2.37 bits per heavy atom. The van der Waals surface area contributed by atoms with E-state index in [9.17, 15) is 9.00 Å². The number of unbranched alkanes of at least 4 members (excludes halogenated alkanes) is 5. The average Bonchev–Trinajstić information content (AvgIpc) is 3.33. The first-order chi connectivity index (χ1) is 16.9. The number of nitrogens with one attached hydrogen (secondary N) is 1. The molecule has 2 N–H and O–H groups in total. The molecule has 0 saturated heterocycles. The third-order valence-corrected chi connectivity index (χ3v) is 8.33. The van der Waals surface area contributed by atoms with Crippen molar-refractivity contribution in [1.29, 1.82) is 0 Å². The van der Waals surface area contributed by atoms with E-state index in [4.69, 9.17) is 14.6 Å². The second-order valence-corrected chi connectivity index (χ2v) is 11.3. The molecular formula is C27H38INO5S.